The molecule has 164 valence electrons. The van der Waals surface area contributed by atoms with Crippen molar-refractivity contribution in [2.24, 2.45) is 5.92 Å². The van der Waals surface area contributed by atoms with Gasteiger partial charge in [-0.3, -0.25) is 0 Å². The summed E-state index contributed by atoms with van der Waals surface area (Å²) in [6, 6.07) is 12.7. The number of benzene rings is 2. The Morgan fingerprint density at radius 2 is 1.90 bits per heavy atom. The average Bonchev–Trinajstić information content (AvgIpc) is 2.77. The molecule has 1 heterocycles. The van der Waals surface area contributed by atoms with Crippen LogP contribution in [-0.4, -0.2) is 31.9 Å². The molecule has 1 aliphatic heterocycles. The van der Waals surface area contributed by atoms with Crippen molar-refractivity contribution in [3.63, 3.8) is 0 Å². The van der Waals surface area contributed by atoms with Crippen LogP contribution in [0.5, 0.6) is 0 Å². The van der Waals surface area contributed by atoms with Gasteiger partial charge in [-0.1, -0.05) is 36.4 Å². The van der Waals surface area contributed by atoms with Crippen LogP contribution in [0.15, 0.2) is 48.5 Å². The summed E-state index contributed by atoms with van der Waals surface area (Å²) in [5.74, 6) is 0.000689. The van der Waals surface area contributed by atoms with Crippen molar-refractivity contribution < 1.29 is 23.0 Å². The lowest BCUT2D eigenvalue weighted by atomic mass is 9.72. The molecule has 30 heavy (non-hydrogen) atoms. The normalized spacial score (nSPS) is 19.4. The van der Waals surface area contributed by atoms with E-state index in [4.69, 9.17) is 4.74 Å². The van der Waals surface area contributed by atoms with Crippen molar-refractivity contribution in [1.29, 1.82) is 0 Å². The number of hydrogen-bond acceptors (Lipinski definition) is 3. The summed E-state index contributed by atoms with van der Waals surface area (Å²) in [5, 5.41) is 15.3. The van der Waals surface area contributed by atoms with Gasteiger partial charge >= 0.3 is 6.18 Å². The molecule has 0 amide bonds. The first-order valence-corrected chi connectivity index (χ1v) is 10.6. The molecule has 0 saturated carbocycles. The molecule has 6 heteroatoms. The van der Waals surface area contributed by atoms with Crippen LogP contribution in [0.4, 0.5) is 13.2 Å². The molecule has 1 fully saturated rings. The van der Waals surface area contributed by atoms with Gasteiger partial charge in [-0.05, 0) is 67.5 Å². The predicted octanol–water partition coefficient (Wildman–Crippen LogP) is 5.38. The minimum Gasteiger partial charge on any atom is -0.385 e. The Balaban J connectivity index is 2.02. The molecule has 0 unspecified atom stereocenters. The summed E-state index contributed by atoms with van der Waals surface area (Å²) >= 11 is 0. The van der Waals surface area contributed by atoms with Gasteiger partial charge in [0.15, 0.2) is 0 Å². The molecular formula is C24H30F3NO2. The molecular weight excluding hydrogens is 391 g/mol. The van der Waals surface area contributed by atoms with Gasteiger partial charge in [-0.2, -0.15) is 13.2 Å². The fourth-order valence-electron chi connectivity index (χ4n) is 4.43. The largest absolute Gasteiger partial charge is 0.416 e. The first-order chi connectivity index (χ1) is 14.4. The minimum atomic E-state index is -4.41. The Morgan fingerprint density at radius 1 is 1.10 bits per heavy atom. The van der Waals surface area contributed by atoms with Crippen LogP contribution < -0.4 is 5.32 Å². The lowest BCUT2D eigenvalue weighted by molar-refractivity contribution is -0.137. The zero-order valence-corrected chi connectivity index (χ0v) is 17.3. The van der Waals surface area contributed by atoms with Gasteiger partial charge in [0.2, 0.25) is 0 Å². The van der Waals surface area contributed by atoms with E-state index in [1.165, 1.54) is 12.1 Å². The Labute approximate surface area is 176 Å². The van der Waals surface area contributed by atoms with Gasteiger partial charge in [-0.15, -0.1) is 0 Å². The van der Waals surface area contributed by atoms with Gasteiger partial charge in [-0.25, -0.2) is 0 Å². The van der Waals surface area contributed by atoms with E-state index in [0.717, 1.165) is 38.3 Å². The molecule has 1 saturated heterocycles. The summed E-state index contributed by atoms with van der Waals surface area (Å²) in [5.41, 5.74) is 0.0301. The Hall–Kier alpha value is -1.89. The first kappa shape index (κ1) is 22.8. The molecule has 0 aliphatic carbocycles. The summed E-state index contributed by atoms with van der Waals surface area (Å²) in [6.07, 6.45) is -0.419. The highest BCUT2D eigenvalue weighted by Gasteiger charge is 2.40. The van der Waals surface area contributed by atoms with Crippen LogP contribution in [0.1, 0.15) is 43.2 Å². The molecule has 1 aliphatic rings. The second-order valence-corrected chi connectivity index (χ2v) is 8.04. The van der Waals surface area contributed by atoms with Gasteiger partial charge in [0.1, 0.15) is 0 Å². The maximum Gasteiger partial charge on any atom is 0.416 e. The zero-order valence-electron chi connectivity index (χ0n) is 17.3. The van der Waals surface area contributed by atoms with Crippen LogP contribution in [0.2, 0.25) is 0 Å². The molecule has 0 radical (unpaired) electrons. The number of ether oxygens (including phenoxy) is 1. The average molecular weight is 422 g/mol. The highest BCUT2D eigenvalue weighted by Crippen LogP contribution is 2.43. The van der Waals surface area contributed by atoms with E-state index in [0.29, 0.717) is 36.3 Å². The van der Waals surface area contributed by atoms with Crippen molar-refractivity contribution in [1.82, 2.24) is 5.32 Å². The molecule has 2 aromatic rings. The van der Waals surface area contributed by atoms with Crippen molar-refractivity contribution >= 4 is 0 Å². The molecule has 2 atom stereocenters. The first-order valence-electron chi connectivity index (χ1n) is 10.6. The molecule has 3 rings (SSSR count). The van der Waals surface area contributed by atoms with E-state index < -0.39 is 17.3 Å². The van der Waals surface area contributed by atoms with Crippen LogP contribution in [-0.2, 0) is 16.5 Å². The molecule has 0 bridgehead atoms. The SMILES string of the molecule is COCCCC[C@@](O)(c1ccccc1-c1cccc(C(F)(F)F)c1)[C@@H]1CCCNC1. The summed E-state index contributed by atoms with van der Waals surface area (Å²) < 4.78 is 45.0. The number of unbranched alkanes of at least 4 members (excludes halogenated alkanes) is 1. The number of nitrogens with one attached hydrogen (secondary N) is 1. The number of aliphatic hydroxyl groups is 1. The highest BCUT2D eigenvalue weighted by molar-refractivity contribution is 5.69. The summed E-state index contributed by atoms with van der Waals surface area (Å²) in [4.78, 5) is 0. The van der Waals surface area contributed by atoms with Crippen LogP contribution >= 0.6 is 0 Å². The predicted molar refractivity (Wildman–Crippen MR) is 112 cm³/mol. The van der Waals surface area contributed by atoms with Crippen molar-refractivity contribution in [3.05, 3.63) is 59.7 Å². The van der Waals surface area contributed by atoms with Gasteiger partial charge in [0, 0.05) is 26.2 Å². The van der Waals surface area contributed by atoms with Crippen molar-refractivity contribution in [2.75, 3.05) is 26.8 Å². The van der Waals surface area contributed by atoms with E-state index in [-0.39, 0.29) is 5.92 Å². The van der Waals surface area contributed by atoms with E-state index in [9.17, 15) is 18.3 Å². The fourth-order valence-corrected chi connectivity index (χ4v) is 4.43. The Bertz CT molecular complexity index is 818. The lowest BCUT2D eigenvalue weighted by Gasteiger charge is -2.40. The van der Waals surface area contributed by atoms with Gasteiger partial charge in [0.25, 0.3) is 0 Å². The van der Waals surface area contributed by atoms with E-state index in [2.05, 4.69) is 5.32 Å². The Morgan fingerprint density at radius 3 is 2.60 bits per heavy atom. The quantitative estimate of drug-likeness (QED) is 0.563. The molecule has 2 N–H and O–H groups in total. The standard InChI is InChI=1S/C24H30F3NO2/c1-30-15-5-4-13-23(29,20-10-7-14-28-17-20)22-12-3-2-11-21(22)18-8-6-9-19(16-18)24(25,26)27/h2-3,6,8-9,11-12,16,20,28-29H,4-5,7,10,13-15,17H2,1H3/t20-,23+/m1/s1. The third-order valence-corrected chi connectivity index (χ3v) is 6.02. The minimum absolute atomic E-state index is 0.000689. The number of piperidine rings is 1. The van der Waals surface area contributed by atoms with Crippen molar-refractivity contribution in [3.8, 4) is 11.1 Å². The number of halogens is 3. The maximum atomic E-state index is 13.3. The number of hydrogen-bond donors (Lipinski definition) is 2. The number of rotatable bonds is 8. The maximum absolute atomic E-state index is 13.3. The smallest absolute Gasteiger partial charge is 0.385 e. The second-order valence-electron chi connectivity index (χ2n) is 8.04. The zero-order chi connectivity index (χ0) is 21.6. The van der Waals surface area contributed by atoms with Gasteiger partial charge in [0.05, 0.1) is 11.2 Å². The topological polar surface area (TPSA) is 41.5 Å². The molecule has 0 aromatic heterocycles. The van der Waals surface area contributed by atoms with Crippen LogP contribution in [0.25, 0.3) is 11.1 Å². The van der Waals surface area contributed by atoms with E-state index in [1.807, 2.05) is 18.2 Å². The summed E-state index contributed by atoms with van der Waals surface area (Å²) in [6.45, 7) is 2.23. The van der Waals surface area contributed by atoms with Crippen molar-refractivity contribution in [2.45, 2.75) is 43.9 Å². The van der Waals surface area contributed by atoms with E-state index >= 15 is 0 Å². The molecule has 0 spiro atoms. The third kappa shape index (κ3) is 5.23. The monoisotopic (exact) mass is 421 g/mol. The lowest BCUT2D eigenvalue weighted by Crippen LogP contribution is -2.44. The fraction of sp³-hybridized carbons (Fsp3) is 0.500. The second kappa shape index (κ2) is 9.94. The highest BCUT2D eigenvalue weighted by atomic mass is 19.4. The van der Waals surface area contributed by atoms with E-state index in [1.54, 1.807) is 19.2 Å². The third-order valence-electron chi connectivity index (χ3n) is 6.02. The molecule has 3 nitrogen and oxygen atoms in total. The number of methoxy groups -OCH3 is 1. The van der Waals surface area contributed by atoms with Crippen LogP contribution in [0.3, 0.4) is 0 Å². The summed E-state index contributed by atoms with van der Waals surface area (Å²) in [7, 11) is 1.65. The van der Waals surface area contributed by atoms with Gasteiger partial charge < -0.3 is 15.2 Å². The van der Waals surface area contributed by atoms with Crippen LogP contribution in [0, 0.1) is 5.92 Å². The number of alkyl halides is 3. The molecule has 2 aromatic carbocycles. The Kier molecular flexibility index (Phi) is 7.55.